The maximum atomic E-state index is 12.2. The maximum Gasteiger partial charge on any atom is 0.263 e. The molecule has 0 saturated carbocycles. The molecule has 1 aromatic carbocycles. The van der Waals surface area contributed by atoms with Gasteiger partial charge in [-0.25, -0.2) is 0 Å². The highest BCUT2D eigenvalue weighted by molar-refractivity contribution is 7.21. The summed E-state index contributed by atoms with van der Waals surface area (Å²) in [5.41, 5.74) is 7.78. The Hall–Kier alpha value is -2.40. The van der Waals surface area contributed by atoms with E-state index in [0.29, 0.717) is 17.1 Å². The summed E-state index contributed by atoms with van der Waals surface area (Å²) in [5.74, 6) is -0.121. The van der Waals surface area contributed by atoms with Crippen molar-refractivity contribution in [3.63, 3.8) is 0 Å². The minimum Gasteiger partial charge on any atom is -0.397 e. The Bertz CT molecular complexity index is 768. The van der Waals surface area contributed by atoms with Gasteiger partial charge in [0, 0.05) is 24.3 Å². The molecular weight excluding hydrogens is 282 g/mol. The number of carbonyl (C=O) groups excluding carboxylic acids is 1. The van der Waals surface area contributed by atoms with Crippen molar-refractivity contribution < 1.29 is 4.79 Å². The highest BCUT2D eigenvalue weighted by Crippen LogP contribution is 2.32. The number of hydrogen-bond acceptors (Lipinski definition) is 4. The predicted molar refractivity (Wildman–Crippen MR) is 86.5 cm³/mol. The van der Waals surface area contributed by atoms with Gasteiger partial charge in [0.2, 0.25) is 0 Å². The van der Waals surface area contributed by atoms with E-state index in [-0.39, 0.29) is 5.91 Å². The van der Waals surface area contributed by atoms with Gasteiger partial charge in [-0.3, -0.25) is 9.78 Å². The topological polar surface area (TPSA) is 68.0 Å². The molecular formula is C16H15N3OS. The number of pyridine rings is 1. The number of thiophene rings is 1. The SMILES string of the molecule is Nc1c(C(=O)NCCc2ccccc2)sc2cnccc12. The van der Waals surface area contributed by atoms with Crippen molar-refractivity contribution in [2.75, 3.05) is 12.3 Å². The van der Waals surface area contributed by atoms with Crippen LogP contribution in [-0.4, -0.2) is 17.4 Å². The number of nitrogens with zero attached hydrogens (tertiary/aromatic N) is 1. The molecule has 21 heavy (non-hydrogen) atoms. The second-order valence-electron chi connectivity index (χ2n) is 4.71. The van der Waals surface area contributed by atoms with E-state index in [1.54, 1.807) is 12.4 Å². The molecule has 0 aliphatic heterocycles. The van der Waals surface area contributed by atoms with Crippen molar-refractivity contribution in [1.82, 2.24) is 10.3 Å². The first-order valence-corrected chi connectivity index (χ1v) is 7.51. The zero-order valence-corrected chi connectivity index (χ0v) is 12.2. The molecule has 0 fully saturated rings. The first-order valence-electron chi connectivity index (χ1n) is 6.70. The molecule has 0 saturated heterocycles. The van der Waals surface area contributed by atoms with Crippen molar-refractivity contribution in [3.05, 3.63) is 59.2 Å². The summed E-state index contributed by atoms with van der Waals surface area (Å²) in [6.45, 7) is 0.592. The summed E-state index contributed by atoms with van der Waals surface area (Å²) in [6.07, 6.45) is 4.22. The summed E-state index contributed by atoms with van der Waals surface area (Å²) in [4.78, 5) is 16.8. The van der Waals surface area contributed by atoms with Gasteiger partial charge in [0.1, 0.15) is 4.88 Å². The lowest BCUT2D eigenvalue weighted by molar-refractivity contribution is 0.0959. The molecule has 3 rings (SSSR count). The molecule has 0 unspecified atom stereocenters. The molecule has 2 heterocycles. The van der Waals surface area contributed by atoms with E-state index in [9.17, 15) is 4.79 Å². The fraction of sp³-hybridized carbons (Fsp3) is 0.125. The van der Waals surface area contributed by atoms with Gasteiger partial charge >= 0.3 is 0 Å². The average Bonchev–Trinajstić information content (AvgIpc) is 2.86. The highest BCUT2D eigenvalue weighted by atomic mass is 32.1. The van der Waals surface area contributed by atoms with E-state index < -0.39 is 0 Å². The van der Waals surface area contributed by atoms with Crippen LogP contribution in [0.25, 0.3) is 10.1 Å². The zero-order chi connectivity index (χ0) is 14.7. The Morgan fingerprint density at radius 1 is 1.24 bits per heavy atom. The summed E-state index contributed by atoms with van der Waals surface area (Å²) < 4.78 is 0.934. The molecule has 4 nitrogen and oxygen atoms in total. The molecule has 0 radical (unpaired) electrons. The van der Waals surface area contributed by atoms with Gasteiger partial charge in [0.25, 0.3) is 5.91 Å². The largest absolute Gasteiger partial charge is 0.397 e. The summed E-state index contributed by atoms with van der Waals surface area (Å²) in [6, 6.07) is 11.9. The first-order chi connectivity index (χ1) is 10.3. The number of nitrogens with one attached hydrogen (secondary N) is 1. The predicted octanol–water partition coefficient (Wildman–Crippen LogP) is 2.85. The Kier molecular flexibility index (Phi) is 3.83. The Labute approximate surface area is 126 Å². The summed E-state index contributed by atoms with van der Waals surface area (Å²) in [5, 5.41) is 3.81. The lowest BCUT2D eigenvalue weighted by atomic mass is 10.1. The Morgan fingerprint density at radius 3 is 2.81 bits per heavy atom. The number of hydrogen-bond donors (Lipinski definition) is 2. The van der Waals surface area contributed by atoms with Crippen molar-refractivity contribution in [2.24, 2.45) is 0 Å². The number of fused-ring (bicyclic) bond motifs is 1. The Balaban J connectivity index is 1.68. The van der Waals surface area contributed by atoms with Crippen molar-refractivity contribution in [1.29, 1.82) is 0 Å². The normalized spacial score (nSPS) is 10.7. The number of benzene rings is 1. The van der Waals surface area contributed by atoms with E-state index in [2.05, 4.69) is 10.3 Å². The van der Waals surface area contributed by atoms with Gasteiger partial charge in [0.05, 0.1) is 10.4 Å². The van der Waals surface area contributed by atoms with Crippen LogP contribution in [0.4, 0.5) is 5.69 Å². The van der Waals surface area contributed by atoms with E-state index >= 15 is 0 Å². The van der Waals surface area contributed by atoms with Gasteiger partial charge in [0.15, 0.2) is 0 Å². The third-order valence-electron chi connectivity index (χ3n) is 3.28. The number of anilines is 1. The van der Waals surface area contributed by atoms with Gasteiger partial charge in [-0.2, -0.15) is 0 Å². The molecule has 0 bridgehead atoms. The van der Waals surface area contributed by atoms with E-state index in [0.717, 1.165) is 16.5 Å². The Morgan fingerprint density at radius 2 is 2.05 bits per heavy atom. The molecule has 0 spiro atoms. The standard InChI is InChI=1S/C16H15N3OS/c17-14-12-7-8-18-10-13(12)21-15(14)16(20)19-9-6-11-4-2-1-3-5-11/h1-5,7-8,10H,6,9,17H2,(H,19,20). The second kappa shape index (κ2) is 5.93. The van der Waals surface area contributed by atoms with Crippen LogP contribution < -0.4 is 11.1 Å². The molecule has 0 atom stereocenters. The summed E-state index contributed by atoms with van der Waals surface area (Å²) >= 11 is 1.38. The number of rotatable bonds is 4. The number of nitrogens with two attached hydrogens (primary N) is 1. The molecule has 106 valence electrons. The van der Waals surface area contributed by atoms with Crippen LogP contribution in [0.15, 0.2) is 48.8 Å². The van der Waals surface area contributed by atoms with Crippen LogP contribution >= 0.6 is 11.3 Å². The van der Waals surface area contributed by atoms with Crippen molar-refractivity contribution in [3.8, 4) is 0 Å². The van der Waals surface area contributed by atoms with Crippen LogP contribution in [0.1, 0.15) is 15.2 Å². The molecule has 3 N–H and O–H groups in total. The third-order valence-corrected chi connectivity index (χ3v) is 4.43. The van der Waals surface area contributed by atoms with Crippen LogP contribution in [0.2, 0.25) is 0 Å². The molecule has 0 aliphatic carbocycles. The van der Waals surface area contributed by atoms with E-state index in [1.165, 1.54) is 16.9 Å². The molecule has 5 heteroatoms. The lowest BCUT2D eigenvalue weighted by Crippen LogP contribution is -2.25. The van der Waals surface area contributed by atoms with Crippen LogP contribution in [-0.2, 0) is 6.42 Å². The molecule has 1 amide bonds. The van der Waals surface area contributed by atoms with Gasteiger partial charge in [-0.15, -0.1) is 11.3 Å². The van der Waals surface area contributed by atoms with Crippen LogP contribution in [0, 0.1) is 0 Å². The third kappa shape index (κ3) is 2.87. The molecule has 0 aliphatic rings. The maximum absolute atomic E-state index is 12.2. The monoisotopic (exact) mass is 297 g/mol. The lowest BCUT2D eigenvalue weighted by Gasteiger charge is -2.04. The second-order valence-corrected chi connectivity index (χ2v) is 5.76. The van der Waals surface area contributed by atoms with Crippen LogP contribution in [0.3, 0.4) is 0 Å². The number of aromatic nitrogens is 1. The smallest absolute Gasteiger partial charge is 0.263 e. The quantitative estimate of drug-likeness (QED) is 0.778. The van der Waals surface area contributed by atoms with Gasteiger partial charge < -0.3 is 11.1 Å². The first kappa shape index (κ1) is 13.6. The zero-order valence-electron chi connectivity index (χ0n) is 11.4. The average molecular weight is 297 g/mol. The van der Waals surface area contributed by atoms with Crippen LogP contribution in [0.5, 0.6) is 0 Å². The molecule has 3 aromatic rings. The summed E-state index contributed by atoms with van der Waals surface area (Å²) in [7, 11) is 0. The fourth-order valence-corrected chi connectivity index (χ4v) is 3.19. The fourth-order valence-electron chi connectivity index (χ4n) is 2.19. The van der Waals surface area contributed by atoms with E-state index in [4.69, 9.17) is 5.73 Å². The van der Waals surface area contributed by atoms with Gasteiger partial charge in [-0.05, 0) is 18.1 Å². The molecule has 2 aromatic heterocycles. The minimum atomic E-state index is -0.121. The highest BCUT2D eigenvalue weighted by Gasteiger charge is 2.15. The van der Waals surface area contributed by atoms with Crippen molar-refractivity contribution in [2.45, 2.75) is 6.42 Å². The number of nitrogen functional groups attached to an aromatic ring is 1. The number of carbonyl (C=O) groups is 1. The van der Waals surface area contributed by atoms with E-state index in [1.807, 2.05) is 36.4 Å². The number of amides is 1. The minimum absolute atomic E-state index is 0.121. The van der Waals surface area contributed by atoms with Gasteiger partial charge in [-0.1, -0.05) is 30.3 Å². The van der Waals surface area contributed by atoms with Crippen molar-refractivity contribution >= 4 is 33.0 Å².